The Morgan fingerprint density at radius 2 is 1.60 bits per heavy atom. The second kappa shape index (κ2) is 7.69. The first-order valence-electron chi connectivity index (χ1n) is 9.10. The number of anilines is 1. The molecule has 1 N–H and O–H groups in total. The van der Waals surface area contributed by atoms with Crippen LogP contribution >= 0.6 is 34.5 Å². The third-order valence-electron chi connectivity index (χ3n) is 4.67. The Hall–Kier alpha value is -2.99. The number of thiazole rings is 1. The van der Waals surface area contributed by atoms with Crippen LogP contribution in [-0.4, -0.2) is 15.9 Å². The molecule has 0 saturated heterocycles. The number of fused-ring (bicyclic) bond motifs is 2. The smallest absolute Gasteiger partial charge is 0.258 e. The number of rotatable bonds is 3. The second-order valence-electron chi connectivity index (χ2n) is 6.66. The lowest BCUT2D eigenvalue weighted by molar-refractivity contribution is 0.102. The van der Waals surface area contributed by atoms with Crippen LogP contribution in [0.15, 0.2) is 72.8 Å². The van der Waals surface area contributed by atoms with Crippen molar-refractivity contribution in [2.24, 2.45) is 0 Å². The summed E-state index contributed by atoms with van der Waals surface area (Å²) in [7, 11) is 0. The molecule has 0 aliphatic rings. The molecule has 7 heteroatoms. The molecule has 0 aliphatic heterocycles. The number of nitrogens with one attached hydrogen (secondary N) is 1. The van der Waals surface area contributed by atoms with E-state index in [4.69, 9.17) is 28.2 Å². The average Bonchev–Trinajstić information content (AvgIpc) is 3.14. The number of hydrogen-bond acceptors (Lipinski definition) is 4. The zero-order valence-electron chi connectivity index (χ0n) is 15.4. The van der Waals surface area contributed by atoms with Crippen LogP contribution in [0.5, 0.6) is 0 Å². The van der Waals surface area contributed by atoms with Crippen molar-refractivity contribution in [3.8, 4) is 11.3 Å². The molecule has 5 aromatic rings. The molecular formula is C23H13Cl2N3OS. The number of pyridine rings is 1. The summed E-state index contributed by atoms with van der Waals surface area (Å²) >= 11 is 13.5. The van der Waals surface area contributed by atoms with Gasteiger partial charge in [-0.1, -0.05) is 64.9 Å². The molecule has 2 aromatic heterocycles. The zero-order valence-corrected chi connectivity index (χ0v) is 17.7. The third kappa shape index (κ3) is 3.63. The van der Waals surface area contributed by atoms with Gasteiger partial charge in [0.15, 0.2) is 5.13 Å². The van der Waals surface area contributed by atoms with Crippen LogP contribution in [0.25, 0.3) is 32.4 Å². The fourth-order valence-corrected chi connectivity index (χ4v) is 4.51. The molecule has 30 heavy (non-hydrogen) atoms. The van der Waals surface area contributed by atoms with Crippen molar-refractivity contribution in [3.05, 3.63) is 88.4 Å². The van der Waals surface area contributed by atoms with E-state index in [-0.39, 0.29) is 5.91 Å². The highest BCUT2D eigenvalue weighted by Crippen LogP contribution is 2.30. The van der Waals surface area contributed by atoms with Crippen LogP contribution in [0.2, 0.25) is 10.0 Å². The minimum absolute atomic E-state index is 0.242. The van der Waals surface area contributed by atoms with Gasteiger partial charge >= 0.3 is 0 Å². The fourth-order valence-electron chi connectivity index (χ4n) is 3.25. The summed E-state index contributed by atoms with van der Waals surface area (Å²) in [6.07, 6.45) is 0. The molecule has 4 nitrogen and oxygen atoms in total. The number of benzene rings is 3. The summed E-state index contributed by atoms with van der Waals surface area (Å²) in [6, 6.07) is 22.2. The van der Waals surface area contributed by atoms with Gasteiger partial charge in [-0.15, -0.1) is 0 Å². The van der Waals surface area contributed by atoms with E-state index in [9.17, 15) is 4.79 Å². The first-order chi connectivity index (χ1) is 14.6. The van der Waals surface area contributed by atoms with Crippen molar-refractivity contribution in [2.45, 2.75) is 0 Å². The second-order valence-corrected chi connectivity index (χ2v) is 8.57. The normalized spacial score (nSPS) is 11.1. The summed E-state index contributed by atoms with van der Waals surface area (Å²) in [5.74, 6) is -0.242. The summed E-state index contributed by atoms with van der Waals surface area (Å²) in [5.41, 5.74) is 3.65. The zero-order chi connectivity index (χ0) is 20.7. The summed E-state index contributed by atoms with van der Waals surface area (Å²) in [4.78, 5) is 22.4. The number of hydrogen-bond donors (Lipinski definition) is 1. The molecule has 1 amide bonds. The van der Waals surface area contributed by atoms with Gasteiger partial charge in [-0.25, -0.2) is 9.97 Å². The Morgan fingerprint density at radius 3 is 2.43 bits per heavy atom. The van der Waals surface area contributed by atoms with E-state index in [1.54, 1.807) is 24.3 Å². The van der Waals surface area contributed by atoms with Crippen molar-refractivity contribution in [2.75, 3.05) is 5.32 Å². The Labute approximate surface area is 186 Å². The van der Waals surface area contributed by atoms with E-state index in [2.05, 4.69) is 10.3 Å². The van der Waals surface area contributed by atoms with E-state index < -0.39 is 0 Å². The van der Waals surface area contributed by atoms with Gasteiger partial charge in [-0.2, -0.15) is 0 Å². The van der Waals surface area contributed by atoms with E-state index in [0.717, 1.165) is 26.7 Å². The van der Waals surface area contributed by atoms with Gasteiger partial charge < -0.3 is 0 Å². The van der Waals surface area contributed by atoms with Crippen LogP contribution in [0.3, 0.4) is 0 Å². The van der Waals surface area contributed by atoms with Crippen LogP contribution < -0.4 is 5.32 Å². The van der Waals surface area contributed by atoms with Crippen LogP contribution in [0, 0.1) is 0 Å². The predicted molar refractivity (Wildman–Crippen MR) is 125 cm³/mol. The van der Waals surface area contributed by atoms with E-state index in [1.807, 2.05) is 48.5 Å². The highest BCUT2D eigenvalue weighted by molar-refractivity contribution is 7.22. The molecule has 5 rings (SSSR count). The average molecular weight is 450 g/mol. The van der Waals surface area contributed by atoms with Crippen molar-refractivity contribution >= 4 is 66.7 Å². The van der Waals surface area contributed by atoms with E-state index >= 15 is 0 Å². The number of para-hydroxylation sites is 1. The molecule has 146 valence electrons. The lowest BCUT2D eigenvalue weighted by Gasteiger charge is -2.09. The van der Waals surface area contributed by atoms with Gasteiger partial charge in [0.25, 0.3) is 5.91 Å². The van der Waals surface area contributed by atoms with Crippen molar-refractivity contribution < 1.29 is 4.79 Å². The van der Waals surface area contributed by atoms with E-state index in [0.29, 0.717) is 26.4 Å². The molecule has 0 spiro atoms. The van der Waals surface area contributed by atoms with Crippen molar-refractivity contribution in [1.82, 2.24) is 9.97 Å². The van der Waals surface area contributed by atoms with Crippen LogP contribution in [-0.2, 0) is 0 Å². The number of amides is 1. The van der Waals surface area contributed by atoms with Gasteiger partial charge in [-0.3, -0.25) is 10.1 Å². The summed E-state index contributed by atoms with van der Waals surface area (Å²) < 4.78 is 0.916. The molecule has 0 saturated carbocycles. The van der Waals surface area contributed by atoms with Crippen LogP contribution in [0.4, 0.5) is 5.13 Å². The monoisotopic (exact) mass is 449 g/mol. The highest BCUT2D eigenvalue weighted by atomic mass is 35.5. The lowest BCUT2D eigenvalue weighted by atomic mass is 10.0. The number of halogens is 2. The predicted octanol–water partition coefficient (Wildman–Crippen LogP) is 7.07. The maximum Gasteiger partial charge on any atom is 0.258 e. The largest absolute Gasteiger partial charge is 0.298 e. The number of aromatic nitrogens is 2. The Bertz CT molecular complexity index is 1410. The molecule has 0 atom stereocenters. The molecule has 0 radical (unpaired) electrons. The topological polar surface area (TPSA) is 54.9 Å². The minimum Gasteiger partial charge on any atom is -0.298 e. The van der Waals surface area contributed by atoms with Crippen molar-refractivity contribution in [3.63, 3.8) is 0 Å². The fraction of sp³-hybridized carbons (Fsp3) is 0. The Morgan fingerprint density at radius 1 is 0.833 bits per heavy atom. The maximum atomic E-state index is 13.2. The SMILES string of the molecule is O=C(Nc1nc2ccc(Cl)cc2s1)c1cc(-c2ccc(Cl)cc2)nc2ccccc12. The minimum atomic E-state index is -0.242. The summed E-state index contributed by atoms with van der Waals surface area (Å²) in [5, 5.41) is 5.50. The molecule has 0 bridgehead atoms. The molecule has 2 heterocycles. The van der Waals surface area contributed by atoms with Gasteiger partial charge in [0, 0.05) is 21.0 Å². The van der Waals surface area contributed by atoms with Gasteiger partial charge in [-0.05, 0) is 42.5 Å². The number of carbonyl (C=O) groups excluding carboxylic acids is 1. The van der Waals surface area contributed by atoms with Crippen molar-refractivity contribution in [1.29, 1.82) is 0 Å². The van der Waals surface area contributed by atoms with E-state index in [1.165, 1.54) is 11.3 Å². The highest BCUT2D eigenvalue weighted by Gasteiger charge is 2.16. The maximum absolute atomic E-state index is 13.2. The van der Waals surface area contributed by atoms with Crippen LogP contribution in [0.1, 0.15) is 10.4 Å². The molecule has 0 aliphatic carbocycles. The number of carbonyl (C=O) groups is 1. The first-order valence-corrected chi connectivity index (χ1v) is 10.7. The molecular weight excluding hydrogens is 437 g/mol. The quantitative estimate of drug-likeness (QED) is 0.320. The molecule has 0 unspecified atom stereocenters. The first kappa shape index (κ1) is 19.0. The standard InChI is InChI=1S/C23H13Cl2N3OS/c24-14-7-5-13(6-8-14)20-12-17(16-3-1-2-4-18(16)26-20)22(29)28-23-27-19-10-9-15(25)11-21(19)30-23/h1-12H,(H,27,28,29). The third-order valence-corrected chi connectivity index (χ3v) is 6.09. The van der Waals surface area contributed by atoms with Gasteiger partial charge in [0.05, 0.1) is 27.0 Å². The molecule has 0 fully saturated rings. The lowest BCUT2D eigenvalue weighted by Crippen LogP contribution is -2.13. The van der Waals surface area contributed by atoms with Gasteiger partial charge in [0.2, 0.25) is 0 Å². The number of nitrogens with zero attached hydrogens (tertiary/aromatic N) is 2. The summed E-state index contributed by atoms with van der Waals surface area (Å²) in [6.45, 7) is 0. The van der Waals surface area contributed by atoms with Gasteiger partial charge in [0.1, 0.15) is 0 Å². The Balaban J connectivity index is 1.57. The molecule has 3 aromatic carbocycles. The Kier molecular flexibility index (Phi) is 4.87.